The third-order valence-electron chi connectivity index (χ3n) is 5.25. The number of nitrogens with one attached hydrogen (secondary N) is 1. The number of rotatable bonds is 10. The van der Waals surface area contributed by atoms with Crippen molar-refractivity contribution in [3.63, 3.8) is 0 Å². The highest BCUT2D eigenvalue weighted by Crippen LogP contribution is 2.31. The number of methoxy groups -OCH3 is 1. The van der Waals surface area contributed by atoms with E-state index in [1.54, 1.807) is 61.1 Å². The minimum atomic E-state index is -3.97. The molecule has 1 amide bonds. The Hall–Kier alpha value is -3.01. The molecule has 0 aliphatic carbocycles. The first-order valence-electron chi connectivity index (χ1n) is 11.0. The lowest BCUT2D eigenvalue weighted by atomic mass is 10.0. The van der Waals surface area contributed by atoms with E-state index in [9.17, 15) is 13.2 Å². The normalized spacial score (nSPS) is 11.5. The van der Waals surface area contributed by atoms with E-state index in [4.69, 9.17) is 16.3 Å². The molecular weight excluding hydrogens is 518 g/mol. The Morgan fingerprint density at radius 2 is 1.83 bits per heavy atom. The molecule has 0 atom stereocenters. The summed E-state index contributed by atoms with van der Waals surface area (Å²) in [4.78, 5) is 15.4. The molecule has 7 nitrogen and oxygen atoms in total. The molecule has 0 spiro atoms. The molecule has 0 heterocycles. The van der Waals surface area contributed by atoms with Crippen LogP contribution in [0.15, 0.2) is 74.9 Å². The fourth-order valence-electron chi connectivity index (χ4n) is 3.43. The Balaban J connectivity index is 1.87. The molecule has 0 radical (unpaired) electrons. The van der Waals surface area contributed by atoms with Crippen LogP contribution in [0.1, 0.15) is 15.9 Å². The van der Waals surface area contributed by atoms with Gasteiger partial charge in [0.05, 0.1) is 17.6 Å². The Morgan fingerprint density at radius 1 is 1.11 bits per heavy atom. The molecule has 36 heavy (non-hydrogen) atoms. The average Bonchev–Trinajstić information content (AvgIpc) is 2.87. The number of amides is 1. The number of ether oxygens (including phenoxy) is 1. The molecule has 10 heteroatoms. The predicted molar refractivity (Wildman–Crippen MR) is 147 cm³/mol. The average molecular weight is 546 g/mol. The quantitative estimate of drug-likeness (QED) is 0.219. The van der Waals surface area contributed by atoms with Gasteiger partial charge in [0.2, 0.25) is 0 Å². The molecule has 190 valence electrons. The topological polar surface area (TPSA) is 88.1 Å². The molecule has 0 saturated heterocycles. The lowest BCUT2D eigenvalue weighted by molar-refractivity contribution is 0.0951. The monoisotopic (exact) mass is 545 g/mol. The Morgan fingerprint density at radius 3 is 2.47 bits per heavy atom. The fraction of sp³-hybridized carbons (Fsp3) is 0.231. The summed E-state index contributed by atoms with van der Waals surface area (Å²) in [5.74, 6) is 0.0872. The molecule has 3 rings (SSSR count). The second-order valence-electron chi connectivity index (χ2n) is 8.07. The molecule has 3 aromatic rings. The summed E-state index contributed by atoms with van der Waals surface area (Å²) in [6, 6.07) is 17.8. The van der Waals surface area contributed by atoms with Gasteiger partial charge in [0.25, 0.3) is 15.9 Å². The van der Waals surface area contributed by atoms with Crippen LogP contribution in [0.5, 0.6) is 5.75 Å². The smallest absolute Gasteiger partial charge is 0.284 e. The van der Waals surface area contributed by atoms with Crippen LogP contribution in [0.3, 0.4) is 0 Å². The minimum Gasteiger partial charge on any atom is -0.496 e. The number of carbonyl (C=O) groups is 1. The van der Waals surface area contributed by atoms with E-state index in [2.05, 4.69) is 9.71 Å². The van der Waals surface area contributed by atoms with Gasteiger partial charge in [-0.05, 0) is 60.2 Å². The van der Waals surface area contributed by atoms with E-state index in [0.29, 0.717) is 28.3 Å². The third kappa shape index (κ3) is 7.02. The van der Waals surface area contributed by atoms with Crippen molar-refractivity contribution >= 4 is 45.6 Å². The van der Waals surface area contributed by atoms with Gasteiger partial charge in [0.1, 0.15) is 12.1 Å². The zero-order valence-electron chi connectivity index (χ0n) is 20.5. The largest absolute Gasteiger partial charge is 0.496 e. The lowest BCUT2D eigenvalue weighted by Gasteiger charge is -2.13. The first kappa shape index (κ1) is 27.6. The van der Waals surface area contributed by atoms with E-state index in [1.165, 1.54) is 13.4 Å². The van der Waals surface area contributed by atoms with Crippen molar-refractivity contribution in [2.75, 3.05) is 34.0 Å². The van der Waals surface area contributed by atoms with Crippen LogP contribution in [-0.4, -0.2) is 59.6 Å². The van der Waals surface area contributed by atoms with Crippen LogP contribution in [-0.2, 0) is 16.4 Å². The van der Waals surface area contributed by atoms with Crippen molar-refractivity contribution < 1.29 is 17.9 Å². The number of sulfonamides is 1. The first-order valence-corrected chi connectivity index (χ1v) is 14.0. The number of thioether (sulfide) groups is 1. The Bertz CT molecular complexity index is 1360. The molecule has 0 fully saturated rings. The number of benzene rings is 3. The van der Waals surface area contributed by atoms with Crippen molar-refractivity contribution in [1.82, 2.24) is 10.2 Å². The number of hydrogen-bond acceptors (Lipinski definition) is 5. The highest BCUT2D eigenvalue weighted by Gasteiger charge is 2.20. The maximum absolute atomic E-state index is 13.2. The van der Waals surface area contributed by atoms with Crippen LogP contribution in [0, 0.1) is 0 Å². The summed E-state index contributed by atoms with van der Waals surface area (Å²) in [6.45, 7) is 0.288. The summed E-state index contributed by atoms with van der Waals surface area (Å²) in [5.41, 5.74) is 2.42. The number of halogens is 1. The molecule has 1 N–H and O–H groups in total. The van der Waals surface area contributed by atoms with Gasteiger partial charge in [-0.1, -0.05) is 35.9 Å². The third-order valence-corrected chi connectivity index (χ3v) is 7.49. The summed E-state index contributed by atoms with van der Waals surface area (Å²) < 4.78 is 35.4. The van der Waals surface area contributed by atoms with Crippen molar-refractivity contribution in [3.05, 3.63) is 76.8 Å². The molecule has 0 bridgehead atoms. The summed E-state index contributed by atoms with van der Waals surface area (Å²) in [6.07, 6.45) is 3.67. The van der Waals surface area contributed by atoms with Crippen molar-refractivity contribution in [3.8, 4) is 16.9 Å². The van der Waals surface area contributed by atoms with Crippen LogP contribution < -0.4 is 10.1 Å². The van der Waals surface area contributed by atoms with Crippen molar-refractivity contribution in [1.29, 1.82) is 0 Å². The lowest BCUT2D eigenvalue weighted by Crippen LogP contribution is -2.26. The summed E-state index contributed by atoms with van der Waals surface area (Å²) in [5, 5.41) is 3.27. The second-order valence-corrected chi connectivity index (χ2v) is 11.0. The van der Waals surface area contributed by atoms with Gasteiger partial charge >= 0.3 is 0 Å². The molecule has 0 unspecified atom stereocenters. The molecule has 0 aliphatic heterocycles. The number of hydrogen-bond donors (Lipinski definition) is 1. The highest BCUT2D eigenvalue weighted by molar-refractivity contribution is 7.98. The maximum atomic E-state index is 13.2. The van der Waals surface area contributed by atoms with Gasteiger partial charge < -0.3 is 15.0 Å². The summed E-state index contributed by atoms with van der Waals surface area (Å²) >= 11 is 7.64. The van der Waals surface area contributed by atoms with Crippen molar-refractivity contribution in [2.45, 2.75) is 16.2 Å². The van der Waals surface area contributed by atoms with Crippen LogP contribution >= 0.6 is 23.4 Å². The Kier molecular flexibility index (Phi) is 9.42. The molecule has 0 aliphatic rings. The SMILES string of the molecule is COc1ccc(Cl)cc1C(=O)NCCc1ccc(-c2ccc(SC)cc2)c(S(=O)(=O)/N=C\N(C)C)c1. The van der Waals surface area contributed by atoms with Gasteiger partial charge in [-0.2, -0.15) is 8.42 Å². The van der Waals surface area contributed by atoms with Crippen LogP contribution in [0.4, 0.5) is 0 Å². The van der Waals surface area contributed by atoms with Gasteiger partial charge in [-0.25, -0.2) is 0 Å². The van der Waals surface area contributed by atoms with E-state index in [1.807, 2.05) is 36.6 Å². The van der Waals surface area contributed by atoms with Crippen LogP contribution in [0.2, 0.25) is 5.02 Å². The molecule has 3 aromatic carbocycles. The van der Waals surface area contributed by atoms with Crippen molar-refractivity contribution in [2.24, 2.45) is 4.40 Å². The zero-order valence-corrected chi connectivity index (χ0v) is 22.9. The number of nitrogens with zero attached hydrogens (tertiary/aromatic N) is 2. The van der Waals surface area contributed by atoms with Gasteiger partial charge in [-0.3, -0.25) is 4.79 Å². The predicted octanol–water partition coefficient (Wildman–Crippen LogP) is 4.99. The standard InChI is InChI=1S/C26H28ClN3O4S2/c1-30(2)17-29-36(32,33)25-15-18(5-11-22(25)19-6-9-21(35-4)10-7-19)13-14-28-26(31)23-16-20(27)8-12-24(23)34-3/h5-12,15-17H,13-14H2,1-4H3,(H,28,31)/b29-17-. The number of carbonyl (C=O) groups excluding carboxylic acids is 1. The van der Waals surface area contributed by atoms with E-state index < -0.39 is 10.0 Å². The second kappa shape index (κ2) is 12.3. The van der Waals surface area contributed by atoms with E-state index in [0.717, 1.165) is 16.0 Å². The minimum absolute atomic E-state index is 0.109. The molecule has 0 aromatic heterocycles. The van der Waals surface area contributed by atoms with Crippen LogP contribution in [0.25, 0.3) is 11.1 Å². The molecule has 0 saturated carbocycles. The van der Waals surface area contributed by atoms with Gasteiger partial charge in [0, 0.05) is 36.1 Å². The Labute approximate surface area is 221 Å². The fourth-order valence-corrected chi connectivity index (χ4v) is 5.20. The van der Waals surface area contributed by atoms with E-state index >= 15 is 0 Å². The summed E-state index contributed by atoms with van der Waals surface area (Å²) in [7, 11) is 0.924. The molecular formula is C26H28ClN3O4S2. The van der Waals surface area contributed by atoms with Gasteiger partial charge in [0.15, 0.2) is 0 Å². The van der Waals surface area contributed by atoms with Gasteiger partial charge in [-0.15, -0.1) is 16.2 Å². The van der Waals surface area contributed by atoms with E-state index in [-0.39, 0.29) is 17.3 Å². The first-order chi connectivity index (χ1) is 17.1. The highest BCUT2D eigenvalue weighted by atomic mass is 35.5. The zero-order chi connectivity index (χ0) is 26.3. The maximum Gasteiger partial charge on any atom is 0.284 e.